The van der Waals surface area contributed by atoms with Crippen molar-refractivity contribution < 1.29 is 14.3 Å². The number of ether oxygens (including phenoxy) is 2. The molecule has 0 aliphatic carbocycles. The summed E-state index contributed by atoms with van der Waals surface area (Å²) in [5.74, 6) is 0.187. The van der Waals surface area contributed by atoms with Crippen LogP contribution in [-0.2, 0) is 14.3 Å². The Morgan fingerprint density at radius 1 is 1.82 bits per heavy atom. The number of carbonyl (C=O) groups is 1. The molecule has 1 atom stereocenters. The van der Waals surface area contributed by atoms with E-state index in [4.69, 9.17) is 4.74 Å². The fourth-order valence-corrected chi connectivity index (χ4v) is 0.981. The van der Waals surface area contributed by atoms with E-state index in [1.165, 1.54) is 7.11 Å². The van der Waals surface area contributed by atoms with Gasteiger partial charge in [-0.2, -0.15) is 0 Å². The highest BCUT2D eigenvalue weighted by Gasteiger charge is 2.39. The molecule has 0 bridgehead atoms. The molecule has 0 fully saturated rings. The molecule has 0 N–H and O–H groups in total. The molecule has 4 heteroatoms. The Morgan fingerprint density at radius 2 is 2.45 bits per heavy atom. The summed E-state index contributed by atoms with van der Waals surface area (Å²) in [5.41, 5.74) is -0.821. The van der Waals surface area contributed by atoms with Crippen molar-refractivity contribution in [1.82, 2.24) is 0 Å². The molecule has 0 saturated carbocycles. The van der Waals surface area contributed by atoms with Crippen molar-refractivity contribution in [1.29, 1.82) is 0 Å². The summed E-state index contributed by atoms with van der Waals surface area (Å²) in [6.45, 7) is 3.69. The van der Waals surface area contributed by atoms with E-state index in [0.717, 1.165) is 0 Å². The van der Waals surface area contributed by atoms with Crippen LogP contribution in [0, 0.1) is 0 Å². The Hall–Kier alpha value is -1.06. The first-order chi connectivity index (χ1) is 5.08. The van der Waals surface area contributed by atoms with Crippen molar-refractivity contribution in [2.24, 2.45) is 4.99 Å². The number of carbonyl (C=O) groups excluding carboxylic acids is 1. The minimum Gasteiger partial charge on any atom is -0.478 e. The van der Waals surface area contributed by atoms with Gasteiger partial charge >= 0.3 is 5.97 Å². The van der Waals surface area contributed by atoms with Gasteiger partial charge in [-0.15, -0.1) is 0 Å². The van der Waals surface area contributed by atoms with Gasteiger partial charge in [-0.1, -0.05) is 0 Å². The van der Waals surface area contributed by atoms with Crippen LogP contribution in [-0.4, -0.2) is 31.1 Å². The van der Waals surface area contributed by atoms with Gasteiger partial charge < -0.3 is 9.47 Å². The lowest BCUT2D eigenvalue weighted by molar-refractivity contribution is -0.146. The zero-order valence-electron chi connectivity index (χ0n) is 6.88. The second kappa shape index (κ2) is 2.53. The number of esters is 1. The molecule has 4 nitrogen and oxygen atoms in total. The van der Waals surface area contributed by atoms with E-state index in [9.17, 15) is 4.79 Å². The Bertz CT molecular complexity index is 212. The van der Waals surface area contributed by atoms with Gasteiger partial charge in [-0.05, 0) is 6.92 Å². The average molecular weight is 157 g/mol. The molecule has 0 amide bonds. The fourth-order valence-electron chi connectivity index (χ4n) is 0.981. The molecule has 11 heavy (non-hydrogen) atoms. The zero-order valence-corrected chi connectivity index (χ0v) is 6.88. The molecule has 0 radical (unpaired) electrons. The quantitative estimate of drug-likeness (QED) is 0.516. The lowest BCUT2D eigenvalue weighted by Gasteiger charge is -2.13. The summed E-state index contributed by atoms with van der Waals surface area (Å²) in [7, 11) is 1.34. The van der Waals surface area contributed by atoms with Crippen LogP contribution in [0.3, 0.4) is 0 Å². The monoisotopic (exact) mass is 157 g/mol. The van der Waals surface area contributed by atoms with Gasteiger partial charge in [0, 0.05) is 6.92 Å². The van der Waals surface area contributed by atoms with Crippen LogP contribution in [0.4, 0.5) is 0 Å². The van der Waals surface area contributed by atoms with E-state index < -0.39 is 5.54 Å². The van der Waals surface area contributed by atoms with Crippen LogP contribution in [0.25, 0.3) is 0 Å². The first-order valence-electron chi connectivity index (χ1n) is 3.36. The second-order valence-corrected chi connectivity index (χ2v) is 2.68. The van der Waals surface area contributed by atoms with E-state index in [1.54, 1.807) is 13.8 Å². The third-order valence-electron chi connectivity index (χ3n) is 1.59. The Balaban J connectivity index is 2.77. The van der Waals surface area contributed by atoms with E-state index in [0.29, 0.717) is 5.90 Å². The van der Waals surface area contributed by atoms with Crippen molar-refractivity contribution >= 4 is 11.9 Å². The van der Waals surface area contributed by atoms with Crippen molar-refractivity contribution in [3.63, 3.8) is 0 Å². The molecule has 0 spiro atoms. The molecule has 1 rings (SSSR count). The van der Waals surface area contributed by atoms with Gasteiger partial charge in [0.2, 0.25) is 0 Å². The van der Waals surface area contributed by atoms with Crippen molar-refractivity contribution in [3.8, 4) is 0 Å². The number of hydrogen-bond donors (Lipinski definition) is 0. The standard InChI is InChI=1S/C7H11NO3/c1-5-8-7(2,4-11-5)6(9)10-3/h4H2,1-3H3. The number of hydrogen-bond acceptors (Lipinski definition) is 4. The first kappa shape index (κ1) is 8.04. The normalized spacial score (nSPS) is 29.2. The predicted octanol–water partition coefficient (Wildman–Crippen LogP) is 0.367. The number of rotatable bonds is 1. The van der Waals surface area contributed by atoms with Gasteiger partial charge in [0.15, 0.2) is 11.4 Å². The minimum atomic E-state index is -0.821. The van der Waals surface area contributed by atoms with Crippen LogP contribution in [0.1, 0.15) is 13.8 Å². The number of aliphatic imine (C=N–C) groups is 1. The van der Waals surface area contributed by atoms with Crippen LogP contribution in [0.15, 0.2) is 4.99 Å². The van der Waals surface area contributed by atoms with Crippen molar-refractivity contribution in [2.75, 3.05) is 13.7 Å². The highest BCUT2D eigenvalue weighted by Crippen LogP contribution is 2.19. The Kier molecular flexibility index (Phi) is 1.85. The third-order valence-corrected chi connectivity index (χ3v) is 1.59. The maximum absolute atomic E-state index is 11.1. The third kappa shape index (κ3) is 1.34. The van der Waals surface area contributed by atoms with Crippen LogP contribution in [0.2, 0.25) is 0 Å². The topological polar surface area (TPSA) is 47.9 Å². The number of methoxy groups -OCH3 is 1. The molecule has 0 aromatic rings. The number of nitrogens with zero attached hydrogens (tertiary/aromatic N) is 1. The first-order valence-corrected chi connectivity index (χ1v) is 3.36. The lowest BCUT2D eigenvalue weighted by atomic mass is 10.1. The summed E-state index contributed by atoms with van der Waals surface area (Å²) in [4.78, 5) is 15.1. The molecule has 1 heterocycles. The fraction of sp³-hybridized carbons (Fsp3) is 0.714. The average Bonchev–Trinajstić information content (AvgIpc) is 2.31. The molecule has 0 aromatic carbocycles. The summed E-state index contributed by atoms with van der Waals surface area (Å²) < 4.78 is 9.60. The molecular weight excluding hydrogens is 146 g/mol. The Labute approximate surface area is 65.2 Å². The molecule has 1 aliphatic rings. The maximum Gasteiger partial charge on any atom is 0.337 e. The van der Waals surface area contributed by atoms with E-state index in [-0.39, 0.29) is 12.6 Å². The molecule has 0 aromatic heterocycles. The van der Waals surface area contributed by atoms with Crippen molar-refractivity contribution in [2.45, 2.75) is 19.4 Å². The second-order valence-electron chi connectivity index (χ2n) is 2.68. The zero-order chi connectivity index (χ0) is 8.48. The van der Waals surface area contributed by atoms with Crippen LogP contribution < -0.4 is 0 Å². The minimum absolute atomic E-state index is 0.283. The van der Waals surface area contributed by atoms with Gasteiger partial charge in [0.25, 0.3) is 0 Å². The summed E-state index contributed by atoms with van der Waals surface area (Å²) >= 11 is 0. The summed E-state index contributed by atoms with van der Waals surface area (Å²) in [6, 6.07) is 0. The summed E-state index contributed by atoms with van der Waals surface area (Å²) in [6.07, 6.45) is 0. The smallest absolute Gasteiger partial charge is 0.337 e. The van der Waals surface area contributed by atoms with Gasteiger partial charge in [-0.3, -0.25) is 0 Å². The highest BCUT2D eigenvalue weighted by molar-refractivity contribution is 5.87. The predicted molar refractivity (Wildman–Crippen MR) is 39.5 cm³/mol. The van der Waals surface area contributed by atoms with Crippen LogP contribution >= 0.6 is 0 Å². The Morgan fingerprint density at radius 3 is 2.82 bits per heavy atom. The van der Waals surface area contributed by atoms with E-state index >= 15 is 0 Å². The van der Waals surface area contributed by atoms with Gasteiger partial charge in [-0.25, -0.2) is 9.79 Å². The van der Waals surface area contributed by atoms with E-state index in [1.807, 2.05) is 0 Å². The molecule has 0 saturated heterocycles. The molecule has 1 aliphatic heterocycles. The lowest BCUT2D eigenvalue weighted by Crippen LogP contribution is -2.35. The van der Waals surface area contributed by atoms with E-state index in [2.05, 4.69) is 9.73 Å². The summed E-state index contributed by atoms with van der Waals surface area (Å²) in [5, 5.41) is 0. The highest BCUT2D eigenvalue weighted by atomic mass is 16.5. The van der Waals surface area contributed by atoms with Gasteiger partial charge in [0.05, 0.1) is 7.11 Å². The largest absolute Gasteiger partial charge is 0.478 e. The van der Waals surface area contributed by atoms with Gasteiger partial charge in [0.1, 0.15) is 6.61 Å². The maximum atomic E-state index is 11.1. The van der Waals surface area contributed by atoms with Crippen molar-refractivity contribution in [3.05, 3.63) is 0 Å². The molecule has 1 unspecified atom stereocenters. The van der Waals surface area contributed by atoms with Crippen LogP contribution in [0.5, 0.6) is 0 Å². The molecule has 62 valence electrons. The molecular formula is C7H11NO3. The SMILES string of the molecule is COC(=O)C1(C)COC(C)=N1.